The summed E-state index contributed by atoms with van der Waals surface area (Å²) in [6.07, 6.45) is 9.81. The van der Waals surface area contributed by atoms with E-state index in [1.165, 1.54) is 42.4 Å². The van der Waals surface area contributed by atoms with Crippen molar-refractivity contribution in [2.75, 3.05) is 19.6 Å². The third-order valence-electron chi connectivity index (χ3n) is 5.18. The molecule has 1 aliphatic heterocycles. The summed E-state index contributed by atoms with van der Waals surface area (Å²) in [6, 6.07) is 6.16. The number of hydrogen-bond donors (Lipinski definition) is 1. The van der Waals surface area contributed by atoms with Crippen LogP contribution in [0.4, 0.5) is 0 Å². The molecule has 0 aliphatic carbocycles. The Kier molecular flexibility index (Phi) is 4.33. The summed E-state index contributed by atoms with van der Waals surface area (Å²) in [4.78, 5) is 5.96. The number of likely N-dealkylation sites (tertiary alicyclic amines) is 1. The van der Waals surface area contributed by atoms with E-state index in [9.17, 15) is 0 Å². The second-order valence-electron chi connectivity index (χ2n) is 6.82. The summed E-state index contributed by atoms with van der Waals surface area (Å²) >= 11 is 6.09. The van der Waals surface area contributed by atoms with Crippen LogP contribution >= 0.6 is 11.6 Å². The molecule has 2 aromatic heterocycles. The van der Waals surface area contributed by atoms with Crippen LogP contribution < -0.4 is 0 Å². The molecular weight excluding hydrogens is 320 g/mol. The van der Waals surface area contributed by atoms with Crippen molar-refractivity contribution in [3.63, 3.8) is 0 Å². The minimum absolute atomic E-state index is 0.648. The summed E-state index contributed by atoms with van der Waals surface area (Å²) in [7, 11) is 1.98. The van der Waals surface area contributed by atoms with Crippen molar-refractivity contribution in [1.29, 1.82) is 0 Å². The Morgan fingerprint density at radius 2 is 2.12 bits per heavy atom. The summed E-state index contributed by atoms with van der Waals surface area (Å²) in [5, 5.41) is 6.37. The van der Waals surface area contributed by atoms with Gasteiger partial charge < -0.3 is 9.88 Å². The molecule has 126 valence electrons. The van der Waals surface area contributed by atoms with Gasteiger partial charge in [0, 0.05) is 41.9 Å². The Labute approximate surface area is 147 Å². The van der Waals surface area contributed by atoms with Gasteiger partial charge in [-0.3, -0.25) is 4.68 Å². The molecule has 5 heteroatoms. The zero-order chi connectivity index (χ0) is 16.5. The van der Waals surface area contributed by atoms with E-state index in [4.69, 9.17) is 11.6 Å². The number of fused-ring (bicyclic) bond motifs is 1. The molecule has 4 rings (SSSR count). The van der Waals surface area contributed by atoms with Gasteiger partial charge in [0.1, 0.15) is 0 Å². The van der Waals surface area contributed by atoms with Gasteiger partial charge in [-0.2, -0.15) is 5.10 Å². The fraction of sp³-hybridized carbons (Fsp3) is 0.421. The number of hydrogen-bond acceptors (Lipinski definition) is 2. The highest BCUT2D eigenvalue weighted by Crippen LogP contribution is 2.34. The molecule has 3 heterocycles. The maximum atomic E-state index is 6.09. The standard InChI is InChI=1S/C19H23ClN4/c1-23-13-14(11-22-23)4-7-24-8-5-15(6-9-24)18-12-21-19-10-16(20)2-3-17(18)19/h2-3,10-13,15,21H,4-9H2,1H3. The predicted octanol–water partition coefficient (Wildman–Crippen LogP) is 3.98. The first-order chi connectivity index (χ1) is 11.7. The third-order valence-corrected chi connectivity index (χ3v) is 5.41. The maximum absolute atomic E-state index is 6.09. The van der Waals surface area contributed by atoms with Gasteiger partial charge in [0.05, 0.1) is 6.20 Å². The maximum Gasteiger partial charge on any atom is 0.0522 e. The van der Waals surface area contributed by atoms with Crippen molar-refractivity contribution in [1.82, 2.24) is 19.7 Å². The smallest absolute Gasteiger partial charge is 0.0522 e. The lowest BCUT2D eigenvalue weighted by molar-refractivity contribution is 0.215. The van der Waals surface area contributed by atoms with Crippen LogP contribution in [0.1, 0.15) is 29.9 Å². The third kappa shape index (κ3) is 3.21. The number of nitrogens with one attached hydrogen (secondary N) is 1. The van der Waals surface area contributed by atoms with Crippen LogP contribution in [0.3, 0.4) is 0 Å². The highest BCUT2D eigenvalue weighted by atomic mass is 35.5. The van der Waals surface area contributed by atoms with Crippen LogP contribution in [0.5, 0.6) is 0 Å². The van der Waals surface area contributed by atoms with E-state index in [1.807, 2.05) is 30.1 Å². The number of aryl methyl sites for hydroxylation is 1. The van der Waals surface area contributed by atoms with E-state index in [-0.39, 0.29) is 0 Å². The molecule has 0 spiro atoms. The highest BCUT2D eigenvalue weighted by Gasteiger charge is 2.22. The minimum atomic E-state index is 0.648. The van der Waals surface area contributed by atoms with E-state index in [0.29, 0.717) is 5.92 Å². The van der Waals surface area contributed by atoms with Gasteiger partial charge in [0.15, 0.2) is 0 Å². The summed E-state index contributed by atoms with van der Waals surface area (Å²) in [5.74, 6) is 0.648. The van der Waals surface area contributed by atoms with Crippen LogP contribution in [0.2, 0.25) is 5.02 Å². The first-order valence-corrected chi connectivity index (χ1v) is 9.03. The Balaban J connectivity index is 1.36. The summed E-state index contributed by atoms with van der Waals surface area (Å²) in [6.45, 7) is 3.47. The van der Waals surface area contributed by atoms with Gasteiger partial charge in [-0.1, -0.05) is 17.7 Å². The zero-order valence-electron chi connectivity index (χ0n) is 14.0. The van der Waals surface area contributed by atoms with Crippen molar-refractivity contribution in [3.8, 4) is 0 Å². The molecule has 3 aromatic rings. The Hall–Kier alpha value is -1.78. The van der Waals surface area contributed by atoms with Crippen LogP contribution in [0.25, 0.3) is 10.9 Å². The fourth-order valence-corrected chi connectivity index (χ4v) is 3.99. The Bertz CT molecular complexity index is 827. The lowest BCUT2D eigenvalue weighted by Crippen LogP contribution is -2.34. The largest absolute Gasteiger partial charge is 0.361 e. The fourth-order valence-electron chi connectivity index (χ4n) is 3.81. The van der Waals surface area contributed by atoms with Gasteiger partial charge in [-0.15, -0.1) is 0 Å². The SMILES string of the molecule is Cn1cc(CCN2CCC(c3c[nH]c4cc(Cl)ccc34)CC2)cn1. The number of piperidine rings is 1. The van der Waals surface area contributed by atoms with Crippen molar-refractivity contribution >= 4 is 22.5 Å². The Morgan fingerprint density at radius 3 is 2.88 bits per heavy atom. The normalized spacial score (nSPS) is 16.9. The quantitative estimate of drug-likeness (QED) is 0.778. The van der Waals surface area contributed by atoms with E-state index in [1.54, 1.807) is 0 Å². The molecule has 0 amide bonds. The predicted molar refractivity (Wildman–Crippen MR) is 98.6 cm³/mol. The zero-order valence-corrected chi connectivity index (χ0v) is 14.8. The number of aromatic nitrogens is 3. The molecule has 1 aliphatic rings. The number of aromatic amines is 1. The van der Waals surface area contributed by atoms with Gasteiger partial charge in [0.25, 0.3) is 0 Å². The van der Waals surface area contributed by atoms with Gasteiger partial charge >= 0.3 is 0 Å². The van der Waals surface area contributed by atoms with Crippen LogP contribution in [-0.4, -0.2) is 39.3 Å². The van der Waals surface area contributed by atoms with Crippen molar-refractivity contribution in [3.05, 3.63) is 52.9 Å². The minimum Gasteiger partial charge on any atom is -0.361 e. The molecule has 0 bridgehead atoms. The lowest BCUT2D eigenvalue weighted by Gasteiger charge is -2.31. The van der Waals surface area contributed by atoms with Crippen LogP contribution in [0.15, 0.2) is 36.8 Å². The second kappa shape index (κ2) is 6.61. The molecule has 1 fully saturated rings. The molecule has 1 aromatic carbocycles. The van der Waals surface area contributed by atoms with Crippen LogP contribution in [0, 0.1) is 0 Å². The van der Waals surface area contributed by atoms with Crippen molar-refractivity contribution < 1.29 is 0 Å². The summed E-state index contributed by atoms with van der Waals surface area (Å²) in [5.41, 5.74) is 3.93. The molecular formula is C19H23ClN4. The van der Waals surface area contributed by atoms with E-state index >= 15 is 0 Å². The highest BCUT2D eigenvalue weighted by molar-refractivity contribution is 6.31. The van der Waals surface area contributed by atoms with Gasteiger partial charge in [0.2, 0.25) is 0 Å². The van der Waals surface area contributed by atoms with Crippen molar-refractivity contribution in [2.45, 2.75) is 25.2 Å². The molecule has 0 atom stereocenters. The average Bonchev–Trinajstić information content (AvgIpc) is 3.19. The van der Waals surface area contributed by atoms with Gasteiger partial charge in [-0.25, -0.2) is 0 Å². The molecule has 4 nitrogen and oxygen atoms in total. The number of nitrogens with zero attached hydrogens (tertiary/aromatic N) is 3. The summed E-state index contributed by atoms with van der Waals surface area (Å²) < 4.78 is 1.88. The van der Waals surface area contributed by atoms with Crippen molar-refractivity contribution in [2.24, 2.45) is 7.05 Å². The van der Waals surface area contributed by atoms with Crippen LogP contribution in [-0.2, 0) is 13.5 Å². The molecule has 1 N–H and O–H groups in total. The van der Waals surface area contributed by atoms with E-state index in [2.05, 4.69) is 33.4 Å². The van der Waals surface area contributed by atoms with E-state index in [0.717, 1.165) is 23.5 Å². The Morgan fingerprint density at radius 1 is 1.29 bits per heavy atom. The first-order valence-electron chi connectivity index (χ1n) is 8.65. The number of H-pyrrole nitrogens is 1. The molecule has 0 radical (unpaired) electrons. The lowest BCUT2D eigenvalue weighted by atomic mass is 9.89. The number of halogens is 1. The topological polar surface area (TPSA) is 36.9 Å². The second-order valence-corrected chi connectivity index (χ2v) is 7.26. The molecule has 24 heavy (non-hydrogen) atoms. The average molecular weight is 343 g/mol. The monoisotopic (exact) mass is 342 g/mol. The molecule has 0 saturated carbocycles. The molecule has 0 unspecified atom stereocenters. The number of benzene rings is 1. The first kappa shape index (κ1) is 15.7. The molecule has 1 saturated heterocycles. The van der Waals surface area contributed by atoms with E-state index < -0.39 is 0 Å². The number of rotatable bonds is 4. The van der Waals surface area contributed by atoms with Gasteiger partial charge in [-0.05, 0) is 61.5 Å².